The number of benzene rings is 4. The van der Waals surface area contributed by atoms with Gasteiger partial charge < -0.3 is 4.90 Å². The lowest BCUT2D eigenvalue weighted by Crippen LogP contribution is -2.14. The highest BCUT2D eigenvalue weighted by atomic mass is 16.1. The summed E-state index contributed by atoms with van der Waals surface area (Å²) in [6, 6.07) is 35.6. The van der Waals surface area contributed by atoms with Crippen molar-refractivity contribution in [2.45, 2.75) is 0 Å². The predicted octanol–water partition coefficient (Wildman–Crippen LogP) is 5.90. The van der Waals surface area contributed by atoms with Gasteiger partial charge in [-0.1, -0.05) is 103 Å². The topological polar surface area (TPSA) is 37.4 Å². The van der Waals surface area contributed by atoms with Crippen molar-refractivity contribution in [1.82, 2.24) is 0 Å². The van der Waals surface area contributed by atoms with E-state index in [1.165, 1.54) is 0 Å². The second kappa shape index (κ2) is 10.7. The van der Waals surface area contributed by atoms with Crippen LogP contribution in [0.4, 0.5) is 5.69 Å². The molecule has 4 aromatic rings. The molecule has 0 unspecified atom stereocenters. The fourth-order valence-corrected chi connectivity index (χ4v) is 3.15. The number of ketones is 2. The Hall–Kier alpha value is -3.98. The van der Waals surface area contributed by atoms with Gasteiger partial charge in [-0.25, -0.2) is 0 Å². The van der Waals surface area contributed by atoms with Crippen LogP contribution < -0.4 is 4.90 Å². The molecule has 0 radical (unpaired) electrons. The largest absolute Gasteiger partial charge is 0.377 e. The molecule has 0 fully saturated rings. The van der Waals surface area contributed by atoms with Crippen LogP contribution in [0.1, 0.15) is 31.8 Å². The van der Waals surface area contributed by atoms with Crippen LogP contribution in [0.5, 0.6) is 0 Å². The molecule has 0 aliphatic carbocycles. The van der Waals surface area contributed by atoms with Gasteiger partial charge in [0, 0.05) is 42.0 Å². The molecular formula is C28H25NO2. The third-order valence-corrected chi connectivity index (χ3v) is 4.74. The average molecular weight is 408 g/mol. The zero-order valence-corrected chi connectivity index (χ0v) is 17.7. The van der Waals surface area contributed by atoms with Crippen molar-refractivity contribution in [3.8, 4) is 0 Å². The Labute approximate surface area is 183 Å². The minimum absolute atomic E-state index is 0.0647. The summed E-state index contributed by atoms with van der Waals surface area (Å²) in [4.78, 5) is 26.1. The van der Waals surface area contributed by atoms with Crippen molar-refractivity contribution >= 4 is 17.3 Å². The number of carbonyl (C=O) groups is 2. The molecular weight excluding hydrogens is 382 g/mol. The van der Waals surface area contributed by atoms with Crippen molar-refractivity contribution in [1.29, 1.82) is 0 Å². The van der Waals surface area contributed by atoms with Crippen molar-refractivity contribution in [2.24, 2.45) is 0 Å². The quantitative estimate of drug-likeness (QED) is 0.387. The number of para-hydroxylation sites is 1. The second-order valence-corrected chi connectivity index (χ2v) is 7.17. The number of rotatable bonds is 5. The maximum absolute atomic E-state index is 12.3. The van der Waals surface area contributed by atoms with Gasteiger partial charge in [-0.15, -0.1) is 0 Å². The van der Waals surface area contributed by atoms with Crippen molar-refractivity contribution in [3.05, 3.63) is 138 Å². The Balaban J connectivity index is 0.000000179. The van der Waals surface area contributed by atoms with Gasteiger partial charge >= 0.3 is 0 Å². The monoisotopic (exact) mass is 407 g/mol. The maximum Gasteiger partial charge on any atom is 0.195 e. The van der Waals surface area contributed by atoms with E-state index in [1.54, 1.807) is 0 Å². The van der Waals surface area contributed by atoms with E-state index in [2.05, 4.69) is 0 Å². The number of anilines is 1. The number of carbonyl (C=O) groups excluding carboxylic acids is 2. The van der Waals surface area contributed by atoms with Gasteiger partial charge in [-0.05, 0) is 12.1 Å². The van der Waals surface area contributed by atoms with Gasteiger partial charge in [0.25, 0.3) is 0 Å². The van der Waals surface area contributed by atoms with Gasteiger partial charge in [-0.2, -0.15) is 0 Å². The summed E-state index contributed by atoms with van der Waals surface area (Å²) in [5, 5.41) is 0. The minimum atomic E-state index is 0.0647. The summed E-state index contributed by atoms with van der Waals surface area (Å²) < 4.78 is 0. The Morgan fingerprint density at radius 2 is 0.839 bits per heavy atom. The van der Waals surface area contributed by atoms with E-state index in [-0.39, 0.29) is 11.6 Å². The van der Waals surface area contributed by atoms with Crippen LogP contribution in [-0.2, 0) is 0 Å². The lowest BCUT2D eigenvalue weighted by molar-refractivity contribution is 0.103. The highest BCUT2D eigenvalue weighted by molar-refractivity contribution is 6.12. The molecule has 0 atom stereocenters. The van der Waals surface area contributed by atoms with Crippen LogP contribution in [0.15, 0.2) is 115 Å². The second-order valence-electron chi connectivity index (χ2n) is 7.17. The van der Waals surface area contributed by atoms with Gasteiger partial charge in [0.05, 0.1) is 0 Å². The zero-order chi connectivity index (χ0) is 22.1. The molecule has 0 aromatic heterocycles. The van der Waals surface area contributed by atoms with Gasteiger partial charge in [0.2, 0.25) is 0 Å². The molecule has 0 amide bonds. The van der Waals surface area contributed by atoms with E-state index in [1.807, 2.05) is 134 Å². The van der Waals surface area contributed by atoms with Gasteiger partial charge in [0.1, 0.15) is 0 Å². The van der Waals surface area contributed by atoms with E-state index in [0.717, 1.165) is 27.9 Å². The van der Waals surface area contributed by atoms with Gasteiger partial charge in [-0.3, -0.25) is 9.59 Å². The number of nitrogens with zero attached hydrogens (tertiary/aromatic N) is 1. The Morgan fingerprint density at radius 3 is 1.26 bits per heavy atom. The van der Waals surface area contributed by atoms with Crippen LogP contribution in [0, 0.1) is 0 Å². The molecule has 4 aromatic carbocycles. The lowest BCUT2D eigenvalue weighted by atomic mass is 10.0. The molecule has 0 bridgehead atoms. The summed E-state index contributed by atoms with van der Waals surface area (Å²) in [5.41, 5.74) is 3.88. The van der Waals surface area contributed by atoms with Crippen LogP contribution in [-0.4, -0.2) is 25.7 Å². The fourth-order valence-electron chi connectivity index (χ4n) is 3.15. The molecule has 0 saturated heterocycles. The van der Waals surface area contributed by atoms with E-state index in [4.69, 9.17) is 0 Å². The molecule has 3 nitrogen and oxygen atoms in total. The highest BCUT2D eigenvalue weighted by Crippen LogP contribution is 2.21. The smallest absolute Gasteiger partial charge is 0.195 e. The molecule has 0 aliphatic rings. The summed E-state index contributed by atoms with van der Waals surface area (Å²) in [5.74, 6) is 0.140. The summed E-state index contributed by atoms with van der Waals surface area (Å²) >= 11 is 0. The van der Waals surface area contributed by atoms with Crippen LogP contribution in [0.25, 0.3) is 0 Å². The van der Waals surface area contributed by atoms with Crippen LogP contribution in [0.3, 0.4) is 0 Å². The Bertz CT molecular complexity index is 1080. The van der Waals surface area contributed by atoms with E-state index in [9.17, 15) is 9.59 Å². The molecule has 0 heterocycles. The van der Waals surface area contributed by atoms with Crippen molar-refractivity contribution < 1.29 is 9.59 Å². The molecule has 0 aliphatic heterocycles. The van der Waals surface area contributed by atoms with Crippen molar-refractivity contribution in [2.75, 3.05) is 19.0 Å². The fraction of sp³-hybridized carbons (Fsp3) is 0.0714. The molecule has 0 saturated carbocycles. The SMILES string of the molecule is CN(C)c1ccccc1C(=O)c1ccccc1.O=C(c1ccccc1)c1ccccc1. The molecule has 4 rings (SSSR count). The average Bonchev–Trinajstić information content (AvgIpc) is 2.85. The first-order chi connectivity index (χ1) is 15.1. The lowest BCUT2D eigenvalue weighted by Gasteiger charge is -2.16. The summed E-state index contributed by atoms with van der Waals surface area (Å²) in [6.07, 6.45) is 0. The van der Waals surface area contributed by atoms with E-state index in [0.29, 0.717) is 0 Å². The summed E-state index contributed by atoms with van der Waals surface area (Å²) in [6.45, 7) is 0. The first-order valence-corrected chi connectivity index (χ1v) is 10.1. The highest BCUT2D eigenvalue weighted by Gasteiger charge is 2.13. The molecule has 31 heavy (non-hydrogen) atoms. The van der Waals surface area contributed by atoms with E-state index < -0.39 is 0 Å². The molecule has 0 N–H and O–H groups in total. The van der Waals surface area contributed by atoms with Crippen molar-refractivity contribution in [3.63, 3.8) is 0 Å². The van der Waals surface area contributed by atoms with E-state index >= 15 is 0 Å². The van der Waals surface area contributed by atoms with Crippen LogP contribution in [0.2, 0.25) is 0 Å². The predicted molar refractivity (Wildman–Crippen MR) is 127 cm³/mol. The Kier molecular flexibility index (Phi) is 7.50. The maximum atomic E-state index is 12.3. The first kappa shape index (κ1) is 21.7. The third kappa shape index (κ3) is 5.77. The molecule has 0 spiro atoms. The Morgan fingerprint density at radius 1 is 0.484 bits per heavy atom. The first-order valence-electron chi connectivity index (χ1n) is 10.1. The number of hydrogen-bond donors (Lipinski definition) is 0. The molecule has 154 valence electrons. The van der Waals surface area contributed by atoms with Gasteiger partial charge in [0.15, 0.2) is 11.6 Å². The normalized spacial score (nSPS) is 9.87. The van der Waals surface area contributed by atoms with Crippen LogP contribution >= 0.6 is 0 Å². The minimum Gasteiger partial charge on any atom is -0.377 e. The third-order valence-electron chi connectivity index (χ3n) is 4.74. The summed E-state index contributed by atoms with van der Waals surface area (Å²) in [7, 11) is 3.88. The molecule has 3 heteroatoms. The zero-order valence-electron chi connectivity index (χ0n) is 17.7. The standard InChI is InChI=1S/C15H15NO.C13H10O/c1-16(2)14-11-7-6-10-13(14)15(17)12-8-4-3-5-9-12;14-13(11-7-3-1-4-8-11)12-9-5-2-6-10-12/h3-11H,1-2H3;1-10H. The number of hydrogen-bond acceptors (Lipinski definition) is 3.